The number of hydrogen-bond acceptors (Lipinski definition) is 1. The van der Waals surface area contributed by atoms with Crippen molar-refractivity contribution in [3.63, 3.8) is 0 Å². The molecule has 0 saturated heterocycles. The predicted molar refractivity (Wildman–Crippen MR) is 151 cm³/mol. The molecule has 0 fully saturated rings. The van der Waals surface area contributed by atoms with Crippen LogP contribution in [0.4, 0.5) is 0 Å². The summed E-state index contributed by atoms with van der Waals surface area (Å²) in [6.45, 7) is 11.5. The average molecular weight is 472 g/mol. The second kappa shape index (κ2) is 9.35. The fourth-order valence-electron chi connectivity index (χ4n) is 5.73. The van der Waals surface area contributed by atoms with Crippen LogP contribution >= 0.6 is 0 Å². The molecule has 2 heteroatoms. The standard InChI is InChI=1S/C18H22N.C16H13N/c1-5-18(4)15-11-7-6-10-14(15)16-12-8-9-13-19(16)17(18,2)3;1-12-6-2-4-8-14(12)16-15-9-5-3-7-13(15)10-11-17-16/h6-13H,5H2,1-4H3;2-11H,1H3/q+1;. The third-order valence-corrected chi connectivity index (χ3v) is 8.39. The molecule has 0 aliphatic carbocycles. The van der Waals surface area contributed by atoms with Gasteiger partial charge in [0, 0.05) is 43.1 Å². The van der Waals surface area contributed by atoms with Gasteiger partial charge in [-0.3, -0.25) is 4.98 Å². The maximum Gasteiger partial charge on any atom is 0.213 e. The summed E-state index contributed by atoms with van der Waals surface area (Å²) in [4.78, 5) is 4.54. The lowest BCUT2D eigenvalue weighted by atomic mass is 9.62. The van der Waals surface area contributed by atoms with Gasteiger partial charge in [-0.2, -0.15) is 4.57 Å². The molecule has 3 heterocycles. The highest BCUT2D eigenvalue weighted by molar-refractivity contribution is 5.94. The molecule has 0 radical (unpaired) electrons. The first-order chi connectivity index (χ1) is 17.4. The van der Waals surface area contributed by atoms with E-state index in [1.807, 2.05) is 6.20 Å². The predicted octanol–water partition coefficient (Wildman–Crippen LogP) is 8.27. The van der Waals surface area contributed by atoms with Crippen molar-refractivity contribution < 1.29 is 4.57 Å². The van der Waals surface area contributed by atoms with Crippen LogP contribution in [0.2, 0.25) is 0 Å². The summed E-state index contributed by atoms with van der Waals surface area (Å²) in [6, 6.07) is 34.2. The fourth-order valence-corrected chi connectivity index (χ4v) is 5.73. The Labute approximate surface area is 215 Å². The van der Waals surface area contributed by atoms with Crippen LogP contribution in [0.3, 0.4) is 0 Å². The first-order valence-corrected chi connectivity index (χ1v) is 12.9. The third kappa shape index (κ3) is 3.82. The van der Waals surface area contributed by atoms with Gasteiger partial charge in [-0.05, 0) is 55.0 Å². The highest BCUT2D eigenvalue weighted by Gasteiger charge is 2.53. The summed E-state index contributed by atoms with van der Waals surface area (Å²) in [7, 11) is 0. The van der Waals surface area contributed by atoms with Crippen LogP contribution in [0.25, 0.3) is 33.3 Å². The van der Waals surface area contributed by atoms with Gasteiger partial charge >= 0.3 is 0 Å². The van der Waals surface area contributed by atoms with Crippen LogP contribution < -0.4 is 4.57 Å². The number of fused-ring (bicyclic) bond motifs is 4. The van der Waals surface area contributed by atoms with Crippen molar-refractivity contribution in [2.24, 2.45) is 0 Å². The van der Waals surface area contributed by atoms with Crippen molar-refractivity contribution in [1.82, 2.24) is 4.98 Å². The van der Waals surface area contributed by atoms with E-state index in [1.54, 1.807) is 0 Å². The fraction of sp³-hybridized carbons (Fsp3) is 0.235. The molecule has 1 aliphatic heterocycles. The van der Waals surface area contributed by atoms with Gasteiger partial charge in [0.2, 0.25) is 5.69 Å². The van der Waals surface area contributed by atoms with Crippen molar-refractivity contribution in [3.05, 3.63) is 121 Å². The first-order valence-electron chi connectivity index (χ1n) is 12.9. The molecule has 0 bridgehead atoms. The number of rotatable bonds is 2. The zero-order valence-electron chi connectivity index (χ0n) is 22.0. The molecule has 3 aromatic carbocycles. The number of aryl methyl sites for hydroxylation is 1. The molecule has 2 aromatic heterocycles. The normalized spacial score (nSPS) is 17.5. The van der Waals surface area contributed by atoms with Crippen LogP contribution in [0.15, 0.2) is 109 Å². The highest BCUT2D eigenvalue weighted by atomic mass is 15.1. The molecule has 1 unspecified atom stereocenters. The number of aromatic nitrogens is 2. The molecule has 0 spiro atoms. The van der Waals surface area contributed by atoms with Gasteiger partial charge in [-0.15, -0.1) is 0 Å². The summed E-state index contributed by atoms with van der Waals surface area (Å²) < 4.78 is 2.44. The molecule has 0 saturated carbocycles. The van der Waals surface area contributed by atoms with E-state index in [2.05, 4.69) is 147 Å². The van der Waals surface area contributed by atoms with E-state index in [0.717, 1.165) is 12.1 Å². The Morgan fingerprint density at radius 2 is 1.39 bits per heavy atom. The van der Waals surface area contributed by atoms with E-state index in [1.165, 1.54) is 38.7 Å². The minimum Gasteiger partial charge on any atom is -0.256 e. The Morgan fingerprint density at radius 3 is 2.17 bits per heavy atom. The van der Waals surface area contributed by atoms with E-state index in [4.69, 9.17) is 0 Å². The monoisotopic (exact) mass is 471 g/mol. The van der Waals surface area contributed by atoms with Gasteiger partial charge < -0.3 is 0 Å². The lowest BCUT2D eigenvalue weighted by Gasteiger charge is -2.44. The Morgan fingerprint density at radius 1 is 0.722 bits per heavy atom. The van der Waals surface area contributed by atoms with Gasteiger partial charge in [0.1, 0.15) is 0 Å². The first kappa shape index (κ1) is 23.9. The van der Waals surface area contributed by atoms with Gasteiger partial charge in [0.05, 0.1) is 16.7 Å². The summed E-state index contributed by atoms with van der Waals surface area (Å²) in [5.41, 5.74) is 7.96. The molecule has 2 nitrogen and oxygen atoms in total. The maximum absolute atomic E-state index is 4.54. The largest absolute Gasteiger partial charge is 0.256 e. The Bertz CT molecular complexity index is 1530. The maximum atomic E-state index is 4.54. The molecular weight excluding hydrogens is 436 g/mol. The zero-order chi connectivity index (χ0) is 25.3. The van der Waals surface area contributed by atoms with E-state index in [-0.39, 0.29) is 11.0 Å². The third-order valence-electron chi connectivity index (χ3n) is 8.39. The van der Waals surface area contributed by atoms with Crippen molar-refractivity contribution in [2.45, 2.75) is 52.0 Å². The Hall–Kier alpha value is -3.78. The van der Waals surface area contributed by atoms with Crippen molar-refractivity contribution in [1.29, 1.82) is 0 Å². The average Bonchev–Trinajstić information content (AvgIpc) is 2.92. The number of benzene rings is 3. The Kier molecular flexibility index (Phi) is 6.22. The van der Waals surface area contributed by atoms with Crippen LogP contribution in [0, 0.1) is 6.92 Å². The van der Waals surface area contributed by atoms with Crippen LogP contribution in [0.1, 0.15) is 45.2 Å². The van der Waals surface area contributed by atoms with E-state index < -0.39 is 0 Å². The van der Waals surface area contributed by atoms with Gasteiger partial charge in [0.25, 0.3) is 0 Å². The highest BCUT2D eigenvalue weighted by Crippen LogP contribution is 2.47. The number of pyridine rings is 2. The lowest BCUT2D eigenvalue weighted by Crippen LogP contribution is -2.66. The van der Waals surface area contributed by atoms with Crippen molar-refractivity contribution >= 4 is 10.8 Å². The smallest absolute Gasteiger partial charge is 0.213 e. The second-order valence-electron chi connectivity index (χ2n) is 10.4. The van der Waals surface area contributed by atoms with E-state index in [9.17, 15) is 0 Å². The molecular formula is C34H35N2+. The molecule has 1 atom stereocenters. The number of hydrogen-bond donors (Lipinski definition) is 0. The van der Waals surface area contributed by atoms with E-state index in [0.29, 0.717) is 0 Å². The molecule has 5 aromatic rings. The molecule has 0 amide bonds. The zero-order valence-corrected chi connectivity index (χ0v) is 22.0. The van der Waals surface area contributed by atoms with Crippen molar-refractivity contribution in [3.8, 4) is 22.5 Å². The summed E-state index contributed by atoms with van der Waals surface area (Å²) >= 11 is 0. The van der Waals surface area contributed by atoms with E-state index >= 15 is 0 Å². The summed E-state index contributed by atoms with van der Waals surface area (Å²) in [6.07, 6.45) is 5.24. The van der Waals surface area contributed by atoms with Gasteiger partial charge in [-0.1, -0.05) is 73.7 Å². The minimum absolute atomic E-state index is 0.0761. The van der Waals surface area contributed by atoms with Crippen LogP contribution in [0.5, 0.6) is 0 Å². The second-order valence-corrected chi connectivity index (χ2v) is 10.4. The lowest BCUT2D eigenvalue weighted by molar-refractivity contribution is -0.760. The number of nitrogens with zero attached hydrogens (tertiary/aromatic N) is 2. The van der Waals surface area contributed by atoms with Gasteiger partial charge in [-0.25, -0.2) is 0 Å². The minimum atomic E-state index is 0.0761. The van der Waals surface area contributed by atoms with Crippen molar-refractivity contribution in [2.75, 3.05) is 0 Å². The van der Waals surface area contributed by atoms with Crippen LogP contribution in [-0.2, 0) is 11.0 Å². The molecule has 0 N–H and O–H groups in total. The molecule has 1 aliphatic rings. The molecule has 6 rings (SSSR count). The summed E-state index contributed by atoms with van der Waals surface area (Å²) in [5.74, 6) is 0. The topological polar surface area (TPSA) is 16.8 Å². The molecule has 180 valence electrons. The SMILES string of the molecule is CCC1(C)c2ccccc2-c2cccc[n+]2C1(C)C.Cc1ccccc1-c1nccc2ccccc12. The van der Waals surface area contributed by atoms with Gasteiger partial charge in [0.15, 0.2) is 11.7 Å². The molecule has 36 heavy (non-hydrogen) atoms. The van der Waals surface area contributed by atoms with Crippen LogP contribution in [-0.4, -0.2) is 4.98 Å². The summed E-state index contributed by atoms with van der Waals surface area (Å²) in [5, 5.41) is 2.45. The Balaban J connectivity index is 0.000000149. The quantitative estimate of drug-likeness (QED) is 0.237.